The van der Waals surface area contributed by atoms with Crippen LogP contribution in [0.25, 0.3) is 0 Å². The van der Waals surface area contributed by atoms with E-state index in [4.69, 9.17) is 5.11 Å². The number of nitrogens with one attached hydrogen (secondary N) is 1. The van der Waals surface area contributed by atoms with E-state index >= 15 is 0 Å². The number of carbonyl (C=O) groups excluding carboxylic acids is 1. The number of carboxylic acids is 1. The van der Waals surface area contributed by atoms with Crippen LogP contribution in [0, 0.1) is 0 Å². The third-order valence-electron chi connectivity index (χ3n) is 3.31. The van der Waals surface area contributed by atoms with Gasteiger partial charge in [-0.05, 0) is 18.6 Å². The Morgan fingerprint density at radius 3 is 2.62 bits per heavy atom. The number of sulfone groups is 1. The molecule has 1 fully saturated rings. The predicted octanol–water partition coefficient (Wildman–Crippen LogP) is 0.431. The Bertz CT molecular complexity index is 656. The molecule has 2 heterocycles. The van der Waals surface area contributed by atoms with Crippen molar-refractivity contribution < 1.29 is 23.1 Å². The highest BCUT2D eigenvalue weighted by atomic mass is 32.2. The predicted molar refractivity (Wildman–Crippen MR) is 75.0 cm³/mol. The number of rotatable bonds is 3. The number of aromatic carboxylic acids is 1. The summed E-state index contributed by atoms with van der Waals surface area (Å²) in [5.74, 6) is -1.10. The van der Waals surface area contributed by atoms with Crippen molar-refractivity contribution >= 4 is 27.5 Å². The largest absolute Gasteiger partial charge is 0.477 e. The van der Waals surface area contributed by atoms with E-state index in [9.17, 15) is 18.0 Å². The van der Waals surface area contributed by atoms with Gasteiger partial charge in [0.15, 0.2) is 9.84 Å². The molecule has 0 radical (unpaired) electrons. The average molecular weight is 313 g/mol. The van der Waals surface area contributed by atoms with Crippen molar-refractivity contribution in [3.63, 3.8) is 0 Å². The number of hydrogen-bond donors (Lipinski definition) is 2. The molecule has 1 aliphatic heterocycles. The SMILES string of the molecule is CN(C(=O)Nc1ccc(C(=O)O)nc1)C1CCS(=O)(=O)C1. The number of anilines is 1. The number of carbonyl (C=O) groups is 2. The van der Waals surface area contributed by atoms with Crippen LogP contribution < -0.4 is 5.32 Å². The lowest BCUT2D eigenvalue weighted by Gasteiger charge is -2.23. The van der Waals surface area contributed by atoms with Crippen LogP contribution in [0.1, 0.15) is 16.9 Å². The summed E-state index contributed by atoms with van der Waals surface area (Å²) in [6, 6.07) is 1.90. The number of amides is 2. The van der Waals surface area contributed by atoms with Gasteiger partial charge in [-0.25, -0.2) is 23.0 Å². The molecule has 8 nitrogen and oxygen atoms in total. The first kappa shape index (κ1) is 15.2. The first-order chi connectivity index (χ1) is 9.78. The number of nitrogens with zero attached hydrogens (tertiary/aromatic N) is 2. The molecule has 1 atom stereocenters. The summed E-state index contributed by atoms with van der Waals surface area (Å²) < 4.78 is 22.8. The molecule has 1 aromatic heterocycles. The molecule has 2 N–H and O–H groups in total. The van der Waals surface area contributed by atoms with Gasteiger partial charge in [0.05, 0.1) is 23.4 Å². The summed E-state index contributed by atoms with van der Waals surface area (Å²) in [5, 5.41) is 11.3. The first-order valence-electron chi connectivity index (χ1n) is 6.22. The van der Waals surface area contributed by atoms with Crippen LogP contribution >= 0.6 is 0 Å². The standard InChI is InChI=1S/C12H15N3O5S/c1-15(9-4-5-21(19,20)7-9)12(18)14-8-2-3-10(11(16)17)13-6-8/h2-3,6,9H,4-5,7H2,1H3,(H,14,18)(H,16,17). The van der Waals surface area contributed by atoms with Crippen LogP contribution in [0.5, 0.6) is 0 Å². The quantitative estimate of drug-likeness (QED) is 0.836. The van der Waals surface area contributed by atoms with Gasteiger partial charge < -0.3 is 15.3 Å². The number of hydrogen-bond acceptors (Lipinski definition) is 5. The smallest absolute Gasteiger partial charge is 0.354 e. The van der Waals surface area contributed by atoms with Gasteiger partial charge in [0, 0.05) is 13.1 Å². The second-order valence-electron chi connectivity index (χ2n) is 4.84. The zero-order valence-electron chi connectivity index (χ0n) is 11.3. The monoisotopic (exact) mass is 313 g/mol. The zero-order chi connectivity index (χ0) is 15.6. The molecule has 1 saturated heterocycles. The van der Waals surface area contributed by atoms with Crippen molar-refractivity contribution in [2.24, 2.45) is 0 Å². The molecular weight excluding hydrogens is 298 g/mol. The second kappa shape index (κ2) is 5.68. The molecule has 9 heteroatoms. The maximum absolute atomic E-state index is 12.0. The maximum atomic E-state index is 12.0. The minimum Gasteiger partial charge on any atom is -0.477 e. The minimum absolute atomic E-state index is 0.0346. The Kier molecular flexibility index (Phi) is 4.12. The molecule has 1 aliphatic rings. The molecule has 1 aromatic rings. The Balaban J connectivity index is 1.99. The molecule has 114 valence electrons. The normalized spacial score (nSPS) is 20.0. The fourth-order valence-corrected chi connectivity index (χ4v) is 3.83. The molecule has 0 saturated carbocycles. The van der Waals surface area contributed by atoms with E-state index in [2.05, 4.69) is 10.3 Å². The number of pyridine rings is 1. The summed E-state index contributed by atoms with van der Waals surface area (Å²) in [5.41, 5.74) is 0.223. The number of carboxylic acid groups (broad SMARTS) is 1. The van der Waals surface area contributed by atoms with E-state index in [-0.39, 0.29) is 23.2 Å². The van der Waals surface area contributed by atoms with Gasteiger partial charge in [0.1, 0.15) is 5.69 Å². The second-order valence-corrected chi connectivity index (χ2v) is 7.06. The zero-order valence-corrected chi connectivity index (χ0v) is 12.1. The van der Waals surface area contributed by atoms with Crippen LogP contribution in [-0.2, 0) is 9.84 Å². The van der Waals surface area contributed by atoms with E-state index in [1.807, 2.05) is 0 Å². The van der Waals surface area contributed by atoms with Gasteiger partial charge in [0.2, 0.25) is 0 Å². The van der Waals surface area contributed by atoms with Crippen LogP contribution in [-0.4, -0.2) is 60.0 Å². The Morgan fingerprint density at radius 2 is 2.14 bits per heavy atom. The molecule has 2 amide bonds. The first-order valence-corrected chi connectivity index (χ1v) is 8.04. The Hall–Kier alpha value is -2.16. The van der Waals surface area contributed by atoms with Crippen molar-refractivity contribution in [1.29, 1.82) is 0 Å². The highest BCUT2D eigenvalue weighted by Crippen LogP contribution is 2.17. The summed E-state index contributed by atoms with van der Waals surface area (Å²) >= 11 is 0. The molecule has 1 unspecified atom stereocenters. The highest BCUT2D eigenvalue weighted by Gasteiger charge is 2.32. The van der Waals surface area contributed by atoms with Crippen LogP contribution in [0.2, 0.25) is 0 Å². The molecule has 2 rings (SSSR count). The highest BCUT2D eigenvalue weighted by molar-refractivity contribution is 7.91. The summed E-state index contributed by atoms with van der Waals surface area (Å²) in [6.45, 7) is 0. The Morgan fingerprint density at radius 1 is 1.43 bits per heavy atom. The van der Waals surface area contributed by atoms with E-state index in [1.54, 1.807) is 0 Å². The van der Waals surface area contributed by atoms with E-state index in [0.29, 0.717) is 12.1 Å². The van der Waals surface area contributed by atoms with E-state index < -0.39 is 21.8 Å². The topological polar surface area (TPSA) is 117 Å². The fraction of sp³-hybridized carbons (Fsp3) is 0.417. The number of urea groups is 1. The van der Waals surface area contributed by atoms with Gasteiger partial charge in [-0.1, -0.05) is 0 Å². The van der Waals surface area contributed by atoms with Gasteiger partial charge in [-0.15, -0.1) is 0 Å². The van der Waals surface area contributed by atoms with Crippen molar-refractivity contribution in [3.8, 4) is 0 Å². The minimum atomic E-state index is -3.06. The van der Waals surface area contributed by atoms with Crippen molar-refractivity contribution in [1.82, 2.24) is 9.88 Å². The molecule has 0 aliphatic carbocycles. The van der Waals surface area contributed by atoms with Crippen LogP contribution in [0.15, 0.2) is 18.3 Å². The molecule has 0 spiro atoms. The van der Waals surface area contributed by atoms with Crippen LogP contribution in [0.4, 0.5) is 10.5 Å². The average Bonchev–Trinajstić information content (AvgIpc) is 2.78. The molecular formula is C12H15N3O5S. The van der Waals surface area contributed by atoms with Crippen LogP contribution in [0.3, 0.4) is 0 Å². The van der Waals surface area contributed by atoms with Gasteiger partial charge >= 0.3 is 12.0 Å². The lowest BCUT2D eigenvalue weighted by Crippen LogP contribution is -2.40. The third kappa shape index (κ3) is 3.69. The lowest BCUT2D eigenvalue weighted by atomic mass is 10.2. The third-order valence-corrected chi connectivity index (χ3v) is 5.06. The Labute approximate surface area is 121 Å². The summed E-state index contributed by atoms with van der Waals surface area (Å²) in [6.07, 6.45) is 1.66. The summed E-state index contributed by atoms with van der Waals surface area (Å²) in [7, 11) is -1.53. The van der Waals surface area contributed by atoms with Crippen molar-refractivity contribution in [2.45, 2.75) is 12.5 Å². The lowest BCUT2D eigenvalue weighted by molar-refractivity contribution is 0.0690. The summed E-state index contributed by atoms with van der Waals surface area (Å²) in [4.78, 5) is 27.7. The van der Waals surface area contributed by atoms with E-state index in [0.717, 1.165) is 0 Å². The molecule has 0 bridgehead atoms. The van der Waals surface area contributed by atoms with Crippen molar-refractivity contribution in [2.75, 3.05) is 23.9 Å². The maximum Gasteiger partial charge on any atom is 0.354 e. The van der Waals surface area contributed by atoms with Crippen molar-refractivity contribution in [3.05, 3.63) is 24.0 Å². The molecule has 0 aromatic carbocycles. The molecule has 21 heavy (non-hydrogen) atoms. The van der Waals surface area contributed by atoms with E-state index in [1.165, 1.54) is 30.3 Å². The van der Waals surface area contributed by atoms with Gasteiger partial charge in [-0.2, -0.15) is 0 Å². The fourth-order valence-electron chi connectivity index (χ4n) is 2.05. The van der Waals surface area contributed by atoms with Gasteiger partial charge in [0.25, 0.3) is 0 Å². The number of aromatic nitrogens is 1. The van der Waals surface area contributed by atoms with Gasteiger partial charge in [-0.3, -0.25) is 0 Å².